The van der Waals surface area contributed by atoms with Crippen LogP contribution in [0, 0.1) is 0 Å². The molecule has 2 rings (SSSR count). The van der Waals surface area contributed by atoms with E-state index >= 15 is 0 Å². The molecule has 0 amide bonds. The molecule has 0 spiro atoms. The molecule has 112 valence electrons. The number of rotatable bonds is 4. The monoisotopic (exact) mass is 287 g/mol. The number of nitrogen functional groups attached to an aromatic ring is 1. The maximum atomic E-state index is 13.0. The van der Waals surface area contributed by atoms with E-state index in [2.05, 4.69) is 4.98 Å². The lowest BCUT2D eigenvalue weighted by Crippen LogP contribution is -2.45. The van der Waals surface area contributed by atoms with Crippen LogP contribution in [-0.2, 0) is 11.2 Å². The first-order valence-electron chi connectivity index (χ1n) is 6.37. The molecule has 1 aromatic heterocycles. The molecule has 3 atom stereocenters. The third-order valence-corrected chi connectivity index (χ3v) is 3.65. The van der Waals surface area contributed by atoms with Crippen LogP contribution in [0.4, 0.5) is 10.2 Å². The Bertz CT molecular complexity index is 544. The number of ether oxygens (including phenoxy) is 1. The second-order valence-electron chi connectivity index (χ2n) is 4.88. The molecule has 0 saturated carbocycles. The molecule has 1 aliphatic heterocycles. The summed E-state index contributed by atoms with van der Waals surface area (Å²) in [7, 11) is 0. The van der Waals surface area contributed by atoms with Crippen molar-refractivity contribution in [1.82, 2.24) is 9.55 Å². The summed E-state index contributed by atoms with van der Waals surface area (Å²) >= 11 is 0. The molecule has 1 aliphatic rings. The molecule has 0 bridgehead atoms. The largest absolute Gasteiger partial charge is 0.393 e. The minimum absolute atomic E-state index is 0.000854. The third kappa shape index (κ3) is 2.30. The summed E-state index contributed by atoms with van der Waals surface area (Å²) in [5.41, 5.74) is 3.96. The lowest BCUT2D eigenvalue weighted by Gasteiger charge is -2.26. The van der Waals surface area contributed by atoms with Gasteiger partial charge in [-0.25, -0.2) is 9.18 Å². The summed E-state index contributed by atoms with van der Waals surface area (Å²) in [6.45, 7) is 0.143. The Labute approximate surface area is 114 Å². The highest BCUT2D eigenvalue weighted by molar-refractivity contribution is 5.36. The van der Waals surface area contributed by atoms with Crippen molar-refractivity contribution >= 4 is 5.82 Å². The first-order valence-corrected chi connectivity index (χ1v) is 6.37. The average molecular weight is 287 g/mol. The number of alkyl halides is 1. The second kappa shape index (κ2) is 5.47. The smallest absolute Gasteiger partial charge is 0.351 e. The van der Waals surface area contributed by atoms with Crippen LogP contribution in [0.2, 0.25) is 0 Å². The van der Waals surface area contributed by atoms with Gasteiger partial charge in [-0.3, -0.25) is 4.57 Å². The topological polar surface area (TPSA) is 111 Å². The van der Waals surface area contributed by atoms with Crippen LogP contribution in [0.5, 0.6) is 0 Å². The van der Waals surface area contributed by atoms with Crippen molar-refractivity contribution in [3.05, 3.63) is 22.2 Å². The SMILES string of the molecule is CCc1cn([C@H]2C[C@H](O)[C@](CO)(CF)O2)c(=O)nc1N. The van der Waals surface area contributed by atoms with E-state index in [1.54, 1.807) is 0 Å². The Hall–Kier alpha value is -1.51. The standard InChI is InChI=1S/C12H18FN3O4/c1-2-7-4-16(11(19)15-10(7)14)9-3-8(18)12(5-13,6-17)20-9/h4,8-9,17-18H,2-3,5-6H2,1H3,(H2,14,15,19)/t8-,9+,12+/m0/s1. The minimum Gasteiger partial charge on any atom is -0.393 e. The number of aryl methyl sites for hydroxylation is 1. The molecule has 20 heavy (non-hydrogen) atoms. The van der Waals surface area contributed by atoms with Crippen LogP contribution >= 0.6 is 0 Å². The minimum atomic E-state index is -1.68. The zero-order valence-corrected chi connectivity index (χ0v) is 11.1. The molecule has 1 aromatic rings. The fraction of sp³-hybridized carbons (Fsp3) is 0.667. The van der Waals surface area contributed by atoms with Gasteiger partial charge in [0.1, 0.15) is 24.3 Å². The molecule has 4 N–H and O–H groups in total. The lowest BCUT2D eigenvalue weighted by molar-refractivity contribution is -0.138. The number of halogens is 1. The molecule has 0 unspecified atom stereocenters. The van der Waals surface area contributed by atoms with Crippen LogP contribution in [0.25, 0.3) is 0 Å². The van der Waals surface area contributed by atoms with Crippen molar-refractivity contribution < 1.29 is 19.3 Å². The summed E-state index contributed by atoms with van der Waals surface area (Å²) in [6.07, 6.45) is -0.00831. The van der Waals surface area contributed by atoms with Gasteiger partial charge < -0.3 is 20.7 Å². The van der Waals surface area contributed by atoms with Crippen molar-refractivity contribution in [2.24, 2.45) is 0 Å². The van der Waals surface area contributed by atoms with E-state index in [9.17, 15) is 19.4 Å². The van der Waals surface area contributed by atoms with Crippen molar-refractivity contribution in [3.63, 3.8) is 0 Å². The molecule has 1 fully saturated rings. The fourth-order valence-corrected chi connectivity index (χ4v) is 2.28. The number of aliphatic hydroxyl groups excluding tert-OH is 2. The normalized spacial score (nSPS) is 29.8. The predicted molar refractivity (Wildman–Crippen MR) is 68.8 cm³/mol. The number of aromatic nitrogens is 2. The summed E-state index contributed by atoms with van der Waals surface area (Å²) in [5.74, 6) is 0.145. The zero-order valence-electron chi connectivity index (χ0n) is 11.1. The van der Waals surface area contributed by atoms with Gasteiger partial charge in [-0.2, -0.15) is 4.98 Å². The number of hydrogen-bond acceptors (Lipinski definition) is 6. The van der Waals surface area contributed by atoms with Gasteiger partial charge in [0.2, 0.25) is 0 Å². The fourth-order valence-electron chi connectivity index (χ4n) is 2.28. The van der Waals surface area contributed by atoms with Gasteiger partial charge in [-0.15, -0.1) is 0 Å². The van der Waals surface area contributed by atoms with Crippen LogP contribution < -0.4 is 11.4 Å². The number of aliphatic hydroxyl groups is 2. The van der Waals surface area contributed by atoms with Gasteiger partial charge in [0.15, 0.2) is 0 Å². The number of nitrogens with zero attached hydrogens (tertiary/aromatic N) is 2. The van der Waals surface area contributed by atoms with E-state index in [1.807, 2.05) is 6.92 Å². The van der Waals surface area contributed by atoms with E-state index in [0.717, 1.165) is 0 Å². The molecular weight excluding hydrogens is 269 g/mol. The van der Waals surface area contributed by atoms with Crippen LogP contribution in [0.3, 0.4) is 0 Å². The van der Waals surface area contributed by atoms with Gasteiger partial charge >= 0.3 is 5.69 Å². The number of nitrogens with two attached hydrogens (primary N) is 1. The van der Waals surface area contributed by atoms with Gasteiger partial charge in [0, 0.05) is 18.2 Å². The first-order chi connectivity index (χ1) is 9.47. The van der Waals surface area contributed by atoms with Crippen LogP contribution in [-0.4, -0.2) is 44.8 Å². The molecular formula is C12H18FN3O4. The molecule has 0 aliphatic carbocycles. The van der Waals surface area contributed by atoms with Gasteiger partial charge in [0.25, 0.3) is 0 Å². The van der Waals surface area contributed by atoms with E-state index in [4.69, 9.17) is 10.5 Å². The van der Waals surface area contributed by atoms with E-state index in [-0.39, 0.29) is 12.2 Å². The summed E-state index contributed by atoms with van der Waals surface area (Å²) in [4.78, 5) is 15.5. The van der Waals surface area contributed by atoms with E-state index in [0.29, 0.717) is 12.0 Å². The highest BCUT2D eigenvalue weighted by Gasteiger charge is 2.49. The van der Waals surface area contributed by atoms with E-state index < -0.39 is 36.9 Å². The zero-order chi connectivity index (χ0) is 14.9. The maximum Gasteiger partial charge on any atom is 0.351 e. The Balaban J connectivity index is 2.37. The Morgan fingerprint density at radius 1 is 1.70 bits per heavy atom. The van der Waals surface area contributed by atoms with Crippen molar-refractivity contribution in [3.8, 4) is 0 Å². The van der Waals surface area contributed by atoms with Gasteiger partial charge in [-0.1, -0.05) is 6.92 Å². The summed E-state index contributed by atoms with van der Waals surface area (Å²) < 4.78 is 19.6. The second-order valence-corrected chi connectivity index (χ2v) is 4.88. The highest BCUT2D eigenvalue weighted by atomic mass is 19.1. The van der Waals surface area contributed by atoms with Crippen molar-refractivity contribution in [1.29, 1.82) is 0 Å². The van der Waals surface area contributed by atoms with E-state index in [1.165, 1.54) is 10.8 Å². The summed E-state index contributed by atoms with van der Waals surface area (Å²) in [5, 5.41) is 19.1. The maximum absolute atomic E-state index is 13.0. The number of anilines is 1. The lowest BCUT2D eigenvalue weighted by atomic mass is 10.00. The first kappa shape index (κ1) is 14.9. The van der Waals surface area contributed by atoms with Crippen molar-refractivity contribution in [2.45, 2.75) is 37.7 Å². The van der Waals surface area contributed by atoms with Crippen LogP contribution in [0.1, 0.15) is 25.1 Å². The Morgan fingerprint density at radius 3 is 2.90 bits per heavy atom. The quantitative estimate of drug-likeness (QED) is 0.680. The Morgan fingerprint density at radius 2 is 2.40 bits per heavy atom. The number of hydrogen-bond donors (Lipinski definition) is 3. The van der Waals surface area contributed by atoms with Crippen molar-refractivity contribution in [2.75, 3.05) is 19.0 Å². The van der Waals surface area contributed by atoms with Crippen LogP contribution in [0.15, 0.2) is 11.0 Å². The average Bonchev–Trinajstić information content (AvgIpc) is 2.76. The van der Waals surface area contributed by atoms with Gasteiger partial charge in [0.05, 0.1) is 12.7 Å². The highest BCUT2D eigenvalue weighted by Crippen LogP contribution is 2.36. The molecule has 7 nitrogen and oxygen atoms in total. The molecule has 0 aromatic carbocycles. The molecule has 8 heteroatoms. The Kier molecular flexibility index (Phi) is 4.07. The third-order valence-electron chi connectivity index (χ3n) is 3.65. The molecule has 2 heterocycles. The predicted octanol–water partition coefficient (Wildman–Crippen LogP) is -0.632. The van der Waals surface area contributed by atoms with Gasteiger partial charge in [-0.05, 0) is 6.42 Å². The molecule has 1 saturated heterocycles. The summed E-state index contributed by atoms with van der Waals surface area (Å²) in [6, 6.07) is 0. The molecule has 0 radical (unpaired) electrons.